The van der Waals surface area contributed by atoms with E-state index in [1.165, 1.54) is 6.08 Å². The van der Waals surface area contributed by atoms with Gasteiger partial charge in [0.2, 0.25) is 5.91 Å². The van der Waals surface area contributed by atoms with Crippen molar-refractivity contribution in [3.05, 3.63) is 70.2 Å². The van der Waals surface area contributed by atoms with Crippen LogP contribution in [-0.4, -0.2) is 11.8 Å². The molecule has 0 aliphatic carbocycles. The SMILES string of the molecule is NC(=O)c1cc(Br)ccc1NC(=O)/C=C/c1ccccc1. The van der Waals surface area contributed by atoms with E-state index in [-0.39, 0.29) is 11.5 Å². The van der Waals surface area contributed by atoms with Crippen LogP contribution in [0.4, 0.5) is 5.69 Å². The van der Waals surface area contributed by atoms with Crippen LogP contribution >= 0.6 is 15.9 Å². The summed E-state index contributed by atoms with van der Waals surface area (Å²) in [7, 11) is 0. The summed E-state index contributed by atoms with van der Waals surface area (Å²) in [5.41, 5.74) is 6.85. The molecular formula is C16H13BrN2O2. The first kappa shape index (κ1) is 15.0. The Bertz CT molecular complexity index is 697. The van der Waals surface area contributed by atoms with Gasteiger partial charge in [0, 0.05) is 10.5 Å². The molecule has 0 aliphatic heterocycles. The standard InChI is InChI=1S/C16H13BrN2O2/c17-12-7-8-14(13(10-12)16(18)21)19-15(20)9-6-11-4-2-1-3-5-11/h1-10H,(H2,18,21)(H,19,20)/b9-6+. The van der Waals surface area contributed by atoms with E-state index in [4.69, 9.17) is 5.73 Å². The van der Waals surface area contributed by atoms with Gasteiger partial charge in [-0.05, 0) is 29.8 Å². The maximum absolute atomic E-state index is 11.9. The molecule has 5 heteroatoms. The summed E-state index contributed by atoms with van der Waals surface area (Å²) in [5.74, 6) is -0.928. The lowest BCUT2D eigenvalue weighted by Gasteiger charge is -2.07. The van der Waals surface area contributed by atoms with Crippen LogP contribution in [0.15, 0.2) is 59.1 Å². The Hall–Kier alpha value is -2.40. The van der Waals surface area contributed by atoms with Crippen molar-refractivity contribution in [2.24, 2.45) is 5.73 Å². The first-order valence-corrected chi connectivity index (χ1v) is 6.99. The molecule has 2 aromatic carbocycles. The van der Waals surface area contributed by atoms with Crippen molar-refractivity contribution in [3.63, 3.8) is 0 Å². The predicted molar refractivity (Wildman–Crippen MR) is 86.8 cm³/mol. The Balaban J connectivity index is 2.13. The zero-order valence-electron chi connectivity index (χ0n) is 11.0. The second kappa shape index (κ2) is 6.85. The minimum absolute atomic E-state index is 0.255. The van der Waals surface area contributed by atoms with E-state index in [2.05, 4.69) is 21.2 Å². The summed E-state index contributed by atoms with van der Waals surface area (Å²) < 4.78 is 0.717. The number of amides is 2. The number of carbonyl (C=O) groups excluding carboxylic acids is 2. The van der Waals surface area contributed by atoms with E-state index in [1.54, 1.807) is 24.3 Å². The molecule has 0 saturated carbocycles. The van der Waals surface area contributed by atoms with Gasteiger partial charge in [0.05, 0.1) is 11.3 Å². The Morgan fingerprint density at radius 3 is 2.48 bits per heavy atom. The maximum atomic E-state index is 11.9. The molecular weight excluding hydrogens is 332 g/mol. The number of nitrogens with two attached hydrogens (primary N) is 1. The Morgan fingerprint density at radius 1 is 1.10 bits per heavy atom. The van der Waals surface area contributed by atoms with E-state index < -0.39 is 5.91 Å². The van der Waals surface area contributed by atoms with E-state index in [1.807, 2.05) is 30.3 Å². The molecule has 0 aromatic heterocycles. The number of anilines is 1. The van der Waals surface area contributed by atoms with Crippen LogP contribution in [0, 0.1) is 0 Å². The van der Waals surface area contributed by atoms with Gasteiger partial charge >= 0.3 is 0 Å². The number of halogens is 1. The smallest absolute Gasteiger partial charge is 0.250 e. The first-order chi connectivity index (χ1) is 10.1. The van der Waals surface area contributed by atoms with Gasteiger partial charge in [-0.2, -0.15) is 0 Å². The van der Waals surface area contributed by atoms with Gasteiger partial charge in [-0.15, -0.1) is 0 Å². The van der Waals surface area contributed by atoms with E-state index in [0.29, 0.717) is 10.2 Å². The first-order valence-electron chi connectivity index (χ1n) is 6.20. The molecule has 106 valence electrons. The number of hydrogen-bond acceptors (Lipinski definition) is 2. The molecule has 21 heavy (non-hydrogen) atoms. The highest BCUT2D eigenvalue weighted by molar-refractivity contribution is 9.10. The molecule has 3 N–H and O–H groups in total. The van der Waals surface area contributed by atoms with Gasteiger partial charge in [0.25, 0.3) is 5.91 Å². The maximum Gasteiger partial charge on any atom is 0.250 e. The van der Waals surface area contributed by atoms with Crippen molar-refractivity contribution in [3.8, 4) is 0 Å². The van der Waals surface area contributed by atoms with Crippen LogP contribution in [0.2, 0.25) is 0 Å². The molecule has 4 nitrogen and oxygen atoms in total. The van der Waals surface area contributed by atoms with E-state index in [9.17, 15) is 9.59 Å². The van der Waals surface area contributed by atoms with Gasteiger partial charge in [-0.3, -0.25) is 9.59 Å². The van der Waals surface area contributed by atoms with Crippen molar-refractivity contribution >= 4 is 39.5 Å². The summed E-state index contributed by atoms with van der Waals surface area (Å²) >= 11 is 3.26. The van der Waals surface area contributed by atoms with Crippen LogP contribution < -0.4 is 11.1 Å². The number of nitrogens with one attached hydrogen (secondary N) is 1. The highest BCUT2D eigenvalue weighted by atomic mass is 79.9. The number of benzene rings is 2. The summed E-state index contributed by atoms with van der Waals surface area (Å²) in [6.07, 6.45) is 3.10. The highest BCUT2D eigenvalue weighted by Crippen LogP contribution is 2.20. The minimum Gasteiger partial charge on any atom is -0.366 e. The highest BCUT2D eigenvalue weighted by Gasteiger charge is 2.10. The van der Waals surface area contributed by atoms with Crippen LogP contribution in [0.3, 0.4) is 0 Å². The second-order valence-electron chi connectivity index (χ2n) is 4.29. The Labute approximate surface area is 130 Å². The third-order valence-corrected chi connectivity index (χ3v) is 3.22. The van der Waals surface area contributed by atoms with Gasteiger partial charge in [0.1, 0.15) is 0 Å². The quantitative estimate of drug-likeness (QED) is 0.836. The van der Waals surface area contributed by atoms with Crippen molar-refractivity contribution in [1.82, 2.24) is 0 Å². The fourth-order valence-electron chi connectivity index (χ4n) is 1.74. The minimum atomic E-state index is -0.598. The zero-order chi connectivity index (χ0) is 15.2. The fraction of sp³-hybridized carbons (Fsp3) is 0. The van der Waals surface area contributed by atoms with Gasteiger partial charge in [-0.25, -0.2) is 0 Å². The topological polar surface area (TPSA) is 72.2 Å². The van der Waals surface area contributed by atoms with Crippen molar-refractivity contribution in [1.29, 1.82) is 0 Å². The summed E-state index contributed by atoms with van der Waals surface area (Å²) in [5, 5.41) is 2.64. The molecule has 0 unspecified atom stereocenters. The van der Waals surface area contributed by atoms with Crippen molar-refractivity contribution < 1.29 is 9.59 Å². The summed E-state index contributed by atoms with van der Waals surface area (Å²) in [6.45, 7) is 0. The molecule has 0 fully saturated rings. The molecule has 0 saturated heterocycles. The van der Waals surface area contributed by atoms with Crippen LogP contribution in [-0.2, 0) is 4.79 Å². The number of hydrogen-bond donors (Lipinski definition) is 2. The summed E-state index contributed by atoms with van der Waals surface area (Å²) in [6, 6.07) is 14.4. The molecule has 2 amide bonds. The Morgan fingerprint density at radius 2 is 1.81 bits per heavy atom. The van der Waals surface area contributed by atoms with Crippen LogP contribution in [0.5, 0.6) is 0 Å². The monoisotopic (exact) mass is 344 g/mol. The predicted octanol–water partition coefficient (Wildman–Crippen LogP) is 3.20. The normalized spacial score (nSPS) is 10.5. The summed E-state index contributed by atoms with van der Waals surface area (Å²) in [4.78, 5) is 23.3. The molecule has 0 atom stereocenters. The van der Waals surface area contributed by atoms with Crippen LogP contribution in [0.1, 0.15) is 15.9 Å². The number of primary amides is 1. The molecule has 0 bridgehead atoms. The van der Waals surface area contributed by atoms with Crippen molar-refractivity contribution in [2.45, 2.75) is 0 Å². The molecule has 0 radical (unpaired) electrons. The average molecular weight is 345 g/mol. The lowest BCUT2D eigenvalue weighted by molar-refractivity contribution is -0.111. The largest absolute Gasteiger partial charge is 0.366 e. The average Bonchev–Trinajstić information content (AvgIpc) is 2.48. The lowest BCUT2D eigenvalue weighted by Crippen LogP contribution is -2.16. The fourth-order valence-corrected chi connectivity index (χ4v) is 2.10. The van der Waals surface area contributed by atoms with Crippen molar-refractivity contribution in [2.75, 3.05) is 5.32 Å². The molecule has 0 heterocycles. The van der Waals surface area contributed by atoms with Gasteiger partial charge in [0.15, 0.2) is 0 Å². The molecule has 2 rings (SSSR count). The molecule has 0 spiro atoms. The van der Waals surface area contributed by atoms with Crippen LogP contribution in [0.25, 0.3) is 6.08 Å². The second-order valence-corrected chi connectivity index (χ2v) is 5.20. The number of rotatable bonds is 4. The third kappa shape index (κ3) is 4.29. The number of carbonyl (C=O) groups is 2. The van der Waals surface area contributed by atoms with Gasteiger partial charge in [-0.1, -0.05) is 46.3 Å². The van der Waals surface area contributed by atoms with E-state index in [0.717, 1.165) is 5.56 Å². The zero-order valence-corrected chi connectivity index (χ0v) is 12.6. The van der Waals surface area contributed by atoms with E-state index >= 15 is 0 Å². The molecule has 2 aromatic rings. The molecule has 0 aliphatic rings. The van der Waals surface area contributed by atoms with Gasteiger partial charge < -0.3 is 11.1 Å². The third-order valence-electron chi connectivity index (χ3n) is 2.73. The Kier molecular flexibility index (Phi) is 4.90. The lowest BCUT2D eigenvalue weighted by atomic mass is 10.1.